The van der Waals surface area contributed by atoms with Crippen molar-refractivity contribution in [3.8, 4) is 0 Å². The Balaban J connectivity index is 0.000000290. The maximum atomic E-state index is 3.50. The first-order valence-corrected chi connectivity index (χ1v) is 12.0. The Morgan fingerprint density at radius 1 is 0.500 bits per heavy atom. The summed E-state index contributed by atoms with van der Waals surface area (Å²) in [6.07, 6.45) is 2.78. The van der Waals surface area contributed by atoms with Gasteiger partial charge in [-0.05, 0) is 12.7 Å². The summed E-state index contributed by atoms with van der Waals surface area (Å²) in [6.45, 7) is 0. The van der Waals surface area contributed by atoms with E-state index in [-0.39, 0.29) is 0 Å². The molecule has 0 saturated carbocycles. The summed E-state index contributed by atoms with van der Waals surface area (Å²) >= 11 is -1.98. The summed E-state index contributed by atoms with van der Waals surface area (Å²) in [7, 11) is 0. The second-order valence-corrected chi connectivity index (χ2v) is 12.2. The van der Waals surface area contributed by atoms with Crippen LogP contribution in [0.5, 0.6) is 0 Å². The maximum absolute atomic E-state index is 3.50. The van der Waals surface area contributed by atoms with Crippen LogP contribution in [0.15, 0.2) is 104 Å². The molecule has 0 atom stereocenters. The van der Waals surface area contributed by atoms with Gasteiger partial charge in [0.25, 0.3) is 0 Å². The van der Waals surface area contributed by atoms with Crippen LogP contribution in [-0.4, -0.2) is 30.0 Å². The molecule has 0 aliphatic carbocycles. The fourth-order valence-electron chi connectivity index (χ4n) is 2.46. The zero-order valence-corrected chi connectivity index (χ0v) is 16.0. The summed E-state index contributed by atoms with van der Waals surface area (Å²) < 4.78 is 4.59. The van der Waals surface area contributed by atoms with Crippen LogP contribution in [0.3, 0.4) is 0 Å². The van der Waals surface area contributed by atoms with Gasteiger partial charge < -0.3 is 15.2 Å². The molecule has 0 unspecified atom stereocenters. The number of benzene rings is 3. The molecular weight excluding hydrogens is 401 g/mol. The molecule has 0 aliphatic heterocycles. The largest absolute Gasteiger partial charge is 0.374 e. The SMILES string of the molecule is c1cc[c]([Sn+]([c]2ccccc2)[c]2ccccc2)cc1.c1nnc[n-]1. The third-order valence-electron chi connectivity index (χ3n) is 3.49. The third kappa shape index (κ3) is 4.55. The van der Waals surface area contributed by atoms with Crippen molar-refractivity contribution in [1.82, 2.24) is 15.2 Å². The van der Waals surface area contributed by atoms with Gasteiger partial charge in [-0.25, -0.2) is 0 Å². The summed E-state index contributed by atoms with van der Waals surface area (Å²) in [6, 6.07) is 32.9. The van der Waals surface area contributed by atoms with Crippen LogP contribution in [0.4, 0.5) is 0 Å². The van der Waals surface area contributed by atoms with E-state index in [1.165, 1.54) is 23.4 Å². The van der Waals surface area contributed by atoms with Crippen LogP contribution in [0.1, 0.15) is 0 Å². The second-order valence-electron chi connectivity index (χ2n) is 5.08. The number of aromatic nitrogens is 3. The van der Waals surface area contributed by atoms with Gasteiger partial charge in [0.05, 0.1) is 0 Å². The molecule has 0 fully saturated rings. The summed E-state index contributed by atoms with van der Waals surface area (Å²) in [5.74, 6) is 0. The van der Waals surface area contributed by atoms with Crippen LogP contribution < -0.4 is 15.7 Å². The van der Waals surface area contributed by atoms with Gasteiger partial charge in [-0.1, -0.05) is 0 Å². The zero-order chi connectivity index (χ0) is 16.5. The molecular formula is C20H17N3Sn. The standard InChI is InChI=1S/3C6H5.C2H2N3.Sn/c3*1-2-4-6-5-3-1;1-3-2-5-4-1;/h3*1-5H;1-2H;/q;;;-1;+1. The predicted octanol–water partition coefficient (Wildman–Crippen LogP) is 1.64. The number of hydrogen-bond acceptors (Lipinski definition) is 2. The van der Waals surface area contributed by atoms with E-state index in [1.54, 1.807) is 0 Å². The minimum Gasteiger partial charge on any atom is -0.374 e. The number of nitrogens with zero attached hydrogens (tertiary/aromatic N) is 3. The molecule has 0 bridgehead atoms. The Hall–Kier alpha value is -2.40. The van der Waals surface area contributed by atoms with Gasteiger partial charge in [0, 0.05) is 0 Å². The summed E-state index contributed by atoms with van der Waals surface area (Å²) in [4.78, 5) is 3.50. The van der Waals surface area contributed by atoms with Gasteiger partial charge >= 0.3 is 121 Å². The Morgan fingerprint density at radius 2 is 0.833 bits per heavy atom. The Kier molecular flexibility index (Phi) is 6.19. The molecule has 4 heteroatoms. The molecule has 0 saturated heterocycles. The predicted molar refractivity (Wildman–Crippen MR) is 99.3 cm³/mol. The molecule has 0 amide bonds. The van der Waals surface area contributed by atoms with E-state index in [2.05, 4.69) is 106 Å². The van der Waals surface area contributed by atoms with Crippen LogP contribution in [0.2, 0.25) is 0 Å². The smallest absolute Gasteiger partial charge is 0.0247 e. The van der Waals surface area contributed by atoms with E-state index in [1.807, 2.05) is 0 Å². The van der Waals surface area contributed by atoms with E-state index < -0.39 is 19.8 Å². The molecule has 24 heavy (non-hydrogen) atoms. The normalized spacial score (nSPS) is 9.67. The monoisotopic (exact) mass is 419 g/mol. The topological polar surface area (TPSA) is 39.9 Å². The third-order valence-corrected chi connectivity index (χ3v) is 11.3. The second kappa shape index (κ2) is 9.03. The minimum atomic E-state index is -1.98. The van der Waals surface area contributed by atoms with Crippen molar-refractivity contribution in [2.45, 2.75) is 0 Å². The van der Waals surface area contributed by atoms with Gasteiger partial charge in [0.15, 0.2) is 0 Å². The molecule has 116 valence electrons. The fourth-order valence-corrected chi connectivity index (χ4v) is 9.82. The van der Waals surface area contributed by atoms with Gasteiger partial charge in [0.1, 0.15) is 0 Å². The van der Waals surface area contributed by atoms with Gasteiger partial charge in [0.2, 0.25) is 0 Å². The molecule has 4 rings (SSSR count). The zero-order valence-electron chi connectivity index (χ0n) is 13.2. The van der Waals surface area contributed by atoms with E-state index in [0.717, 1.165) is 0 Å². The molecule has 3 nitrogen and oxygen atoms in total. The van der Waals surface area contributed by atoms with Crippen molar-refractivity contribution in [3.63, 3.8) is 0 Å². The Morgan fingerprint density at radius 3 is 1.08 bits per heavy atom. The van der Waals surface area contributed by atoms with Crippen molar-refractivity contribution >= 4 is 30.5 Å². The van der Waals surface area contributed by atoms with E-state index in [4.69, 9.17) is 0 Å². The number of rotatable bonds is 3. The van der Waals surface area contributed by atoms with Crippen LogP contribution in [0, 0.1) is 0 Å². The van der Waals surface area contributed by atoms with Crippen LogP contribution >= 0.6 is 0 Å². The van der Waals surface area contributed by atoms with Crippen molar-refractivity contribution < 1.29 is 0 Å². The fraction of sp³-hybridized carbons (Fsp3) is 0. The van der Waals surface area contributed by atoms with E-state index >= 15 is 0 Å². The average Bonchev–Trinajstić information content (AvgIpc) is 3.25. The van der Waals surface area contributed by atoms with Gasteiger partial charge in [-0.3, -0.25) is 0 Å². The van der Waals surface area contributed by atoms with Crippen molar-refractivity contribution in [3.05, 3.63) is 104 Å². The molecule has 1 heterocycles. The molecule has 0 N–H and O–H groups in total. The first kappa shape index (κ1) is 16.5. The first-order chi connectivity index (χ1) is 11.9. The van der Waals surface area contributed by atoms with Crippen LogP contribution in [0.25, 0.3) is 0 Å². The number of hydrogen-bond donors (Lipinski definition) is 0. The minimum absolute atomic E-state index is 1.39. The maximum Gasteiger partial charge on any atom is -0.0247 e. The van der Waals surface area contributed by atoms with Crippen LogP contribution in [-0.2, 0) is 0 Å². The van der Waals surface area contributed by atoms with Crippen molar-refractivity contribution in [2.75, 3.05) is 0 Å². The van der Waals surface area contributed by atoms with E-state index in [0.29, 0.717) is 0 Å². The molecule has 0 spiro atoms. The van der Waals surface area contributed by atoms with Gasteiger partial charge in [-0.2, -0.15) is 0 Å². The van der Waals surface area contributed by atoms with Crippen molar-refractivity contribution in [1.29, 1.82) is 0 Å². The molecule has 4 aromatic rings. The van der Waals surface area contributed by atoms with Crippen molar-refractivity contribution in [2.24, 2.45) is 0 Å². The molecule has 3 aromatic carbocycles. The quantitative estimate of drug-likeness (QED) is 0.476. The Bertz CT molecular complexity index is 692. The first-order valence-electron chi connectivity index (χ1n) is 7.71. The van der Waals surface area contributed by atoms with Gasteiger partial charge in [-0.15, -0.1) is 0 Å². The summed E-state index contributed by atoms with van der Waals surface area (Å²) in [5.41, 5.74) is 0. The summed E-state index contributed by atoms with van der Waals surface area (Å²) in [5, 5.41) is 6.72. The average molecular weight is 418 g/mol. The van der Waals surface area contributed by atoms with E-state index in [9.17, 15) is 0 Å². The Labute approximate surface area is 149 Å². The molecule has 0 radical (unpaired) electrons. The molecule has 1 aromatic heterocycles. The molecule has 0 aliphatic rings.